The third-order valence-corrected chi connectivity index (χ3v) is 4.03. The predicted octanol–water partition coefficient (Wildman–Crippen LogP) is 2.72. The molecule has 0 unspecified atom stereocenters. The number of hydrogen-bond acceptors (Lipinski definition) is 2. The fourth-order valence-electron chi connectivity index (χ4n) is 2.86. The molecule has 2 aromatic rings. The van der Waals surface area contributed by atoms with Gasteiger partial charge in [-0.2, -0.15) is 5.26 Å². The Morgan fingerprint density at radius 2 is 1.37 bits per heavy atom. The van der Waals surface area contributed by atoms with Gasteiger partial charge in [0.15, 0.2) is 0 Å². The van der Waals surface area contributed by atoms with E-state index in [0.717, 1.165) is 24.2 Å². The second-order valence-corrected chi connectivity index (χ2v) is 5.01. The summed E-state index contributed by atoms with van der Waals surface area (Å²) in [6, 6.07) is 22.9. The molecule has 2 heteroatoms. The van der Waals surface area contributed by atoms with Gasteiger partial charge in [-0.05, 0) is 11.1 Å². The van der Waals surface area contributed by atoms with Crippen molar-refractivity contribution in [1.29, 1.82) is 5.26 Å². The zero-order chi connectivity index (χ0) is 13.1. The van der Waals surface area contributed by atoms with Gasteiger partial charge in [-0.25, -0.2) is 0 Å². The molecule has 2 nitrogen and oxygen atoms in total. The van der Waals surface area contributed by atoms with E-state index in [1.165, 1.54) is 0 Å². The lowest BCUT2D eigenvalue weighted by molar-refractivity contribution is 0.268. The minimum absolute atomic E-state index is 0.335. The van der Waals surface area contributed by atoms with Gasteiger partial charge in [0.2, 0.25) is 0 Å². The quantitative estimate of drug-likeness (QED) is 0.906. The summed E-state index contributed by atoms with van der Waals surface area (Å²) in [6.45, 7) is 1.80. The smallest absolute Gasteiger partial charge is 0.112 e. The third-order valence-electron chi connectivity index (χ3n) is 4.03. The summed E-state index contributed by atoms with van der Waals surface area (Å²) in [6.07, 6.45) is 0. The molecular formula is C17H16N2. The largest absolute Gasteiger partial charge is 0.316 e. The van der Waals surface area contributed by atoms with E-state index in [9.17, 15) is 5.26 Å². The first-order valence-electron chi connectivity index (χ1n) is 6.61. The maximum atomic E-state index is 9.94. The van der Waals surface area contributed by atoms with Crippen LogP contribution >= 0.6 is 0 Å². The van der Waals surface area contributed by atoms with Crippen molar-refractivity contribution in [2.75, 3.05) is 13.1 Å². The number of nitrogens with one attached hydrogen (secondary N) is 1. The Bertz CT molecular complexity index is 540. The molecule has 0 aromatic heterocycles. The lowest BCUT2D eigenvalue weighted by atomic mass is 9.64. The minimum atomic E-state index is -0.534. The van der Waals surface area contributed by atoms with Gasteiger partial charge < -0.3 is 5.32 Å². The Morgan fingerprint density at radius 1 is 0.895 bits per heavy atom. The summed E-state index contributed by atoms with van der Waals surface area (Å²) < 4.78 is 0. The van der Waals surface area contributed by atoms with Crippen molar-refractivity contribution in [2.45, 2.75) is 5.41 Å². The summed E-state index contributed by atoms with van der Waals surface area (Å²) in [5.41, 5.74) is 1.65. The van der Waals surface area contributed by atoms with Crippen LogP contribution in [0.3, 0.4) is 0 Å². The minimum Gasteiger partial charge on any atom is -0.316 e. The van der Waals surface area contributed by atoms with E-state index in [1.54, 1.807) is 0 Å². The summed E-state index contributed by atoms with van der Waals surface area (Å²) in [7, 11) is 0. The van der Waals surface area contributed by atoms with Gasteiger partial charge in [-0.3, -0.25) is 0 Å². The van der Waals surface area contributed by atoms with Gasteiger partial charge in [0.25, 0.3) is 0 Å². The van der Waals surface area contributed by atoms with E-state index in [1.807, 2.05) is 36.4 Å². The average molecular weight is 248 g/mol. The van der Waals surface area contributed by atoms with E-state index < -0.39 is 5.41 Å². The molecule has 0 radical (unpaired) electrons. The van der Waals surface area contributed by atoms with Crippen molar-refractivity contribution in [3.05, 3.63) is 71.8 Å². The fourth-order valence-corrected chi connectivity index (χ4v) is 2.86. The van der Waals surface area contributed by atoms with Crippen molar-refractivity contribution in [3.8, 4) is 6.07 Å². The van der Waals surface area contributed by atoms with Gasteiger partial charge in [-0.1, -0.05) is 60.7 Å². The molecule has 1 aliphatic rings. The van der Waals surface area contributed by atoms with E-state index in [-0.39, 0.29) is 0 Å². The van der Waals surface area contributed by atoms with Crippen molar-refractivity contribution in [3.63, 3.8) is 0 Å². The molecule has 0 spiro atoms. The molecule has 0 bridgehead atoms. The van der Waals surface area contributed by atoms with Crippen molar-refractivity contribution < 1.29 is 0 Å². The molecule has 0 atom stereocenters. The van der Waals surface area contributed by atoms with Gasteiger partial charge in [0.05, 0.1) is 6.07 Å². The highest BCUT2D eigenvalue weighted by Gasteiger charge is 2.45. The van der Waals surface area contributed by atoms with Crippen LogP contribution < -0.4 is 5.32 Å². The molecule has 3 rings (SSSR count). The van der Waals surface area contributed by atoms with Crippen LogP contribution in [0.4, 0.5) is 0 Å². The molecule has 0 saturated carbocycles. The van der Waals surface area contributed by atoms with Crippen LogP contribution in [0.5, 0.6) is 0 Å². The van der Waals surface area contributed by atoms with Gasteiger partial charge in [-0.15, -0.1) is 0 Å². The van der Waals surface area contributed by atoms with E-state index >= 15 is 0 Å². The van der Waals surface area contributed by atoms with E-state index in [2.05, 4.69) is 35.7 Å². The topological polar surface area (TPSA) is 35.8 Å². The highest BCUT2D eigenvalue weighted by molar-refractivity contribution is 5.47. The van der Waals surface area contributed by atoms with Crippen molar-refractivity contribution in [2.24, 2.45) is 5.92 Å². The number of hydrogen-bond donors (Lipinski definition) is 1. The number of nitriles is 1. The molecule has 1 fully saturated rings. The lowest BCUT2D eigenvalue weighted by Crippen LogP contribution is -2.54. The van der Waals surface area contributed by atoms with E-state index in [4.69, 9.17) is 0 Å². The highest BCUT2D eigenvalue weighted by atomic mass is 15.0. The zero-order valence-corrected chi connectivity index (χ0v) is 10.7. The monoisotopic (exact) mass is 248 g/mol. The molecule has 1 saturated heterocycles. The Hall–Kier alpha value is -2.11. The number of benzene rings is 2. The fraction of sp³-hybridized carbons (Fsp3) is 0.235. The van der Waals surface area contributed by atoms with Crippen molar-refractivity contribution >= 4 is 0 Å². The molecule has 0 aliphatic carbocycles. The van der Waals surface area contributed by atoms with Crippen molar-refractivity contribution in [1.82, 2.24) is 5.32 Å². The van der Waals surface area contributed by atoms with Crippen LogP contribution in [-0.4, -0.2) is 13.1 Å². The molecule has 94 valence electrons. The third kappa shape index (κ3) is 1.83. The molecule has 19 heavy (non-hydrogen) atoms. The zero-order valence-electron chi connectivity index (χ0n) is 10.7. The Kier molecular flexibility index (Phi) is 3.06. The van der Waals surface area contributed by atoms with Gasteiger partial charge >= 0.3 is 0 Å². The average Bonchev–Trinajstić information content (AvgIpc) is 2.44. The summed E-state index contributed by atoms with van der Waals surface area (Å²) in [5.74, 6) is 0.335. The maximum Gasteiger partial charge on any atom is 0.112 e. The predicted molar refractivity (Wildman–Crippen MR) is 75.6 cm³/mol. The molecule has 0 amide bonds. The van der Waals surface area contributed by atoms with Gasteiger partial charge in [0.1, 0.15) is 5.41 Å². The molecule has 1 heterocycles. The highest BCUT2D eigenvalue weighted by Crippen LogP contribution is 2.40. The Morgan fingerprint density at radius 3 is 1.68 bits per heavy atom. The van der Waals surface area contributed by atoms with Crippen LogP contribution in [0.15, 0.2) is 60.7 Å². The lowest BCUT2D eigenvalue weighted by Gasteiger charge is -2.41. The van der Waals surface area contributed by atoms with Crippen LogP contribution in [-0.2, 0) is 5.41 Å². The first-order valence-corrected chi connectivity index (χ1v) is 6.61. The summed E-state index contributed by atoms with van der Waals surface area (Å²) in [5, 5.41) is 13.2. The Labute approximate surface area is 113 Å². The summed E-state index contributed by atoms with van der Waals surface area (Å²) in [4.78, 5) is 0. The number of nitrogens with zero attached hydrogens (tertiary/aromatic N) is 1. The Balaban J connectivity index is 2.18. The van der Waals surface area contributed by atoms with Crippen LogP contribution in [0.1, 0.15) is 11.1 Å². The first-order chi connectivity index (χ1) is 9.38. The van der Waals surface area contributed by atoms with E-state index in [0.29, 0.717) is 5.92 Å². The standard InChI is InChI=1S/C17H16N2/c18-13-17(16-11-19-12-16,14-7-3-1-4-8-14)15-9-5-2-6-10-15/h1-10,16,19H,11-12H2. The van der Waals surface area contributed by atoms with Crippen LogP contribution in [0, 0.1) is 17.2 Å². The molecule has 2 aromatic carbocycles. The SMILES string of the molecule is N#CC(c1ccccc1)(c1ccccc1)C1CNC1. The first kappa shape index (κ1) is 12.0. The second-order valence-electron chi connectivity index (χ2n) is 5.01. The van der Waals surface area contributed by atoms with Gasteiger partial charge in [0, 0.05) is 19.0 Å². The van der Waals surface area contributed by atoms with Crippen LogP contribution in [0.2, 0.25) is 0 Å². The molecule has 1 N–H and O–H groups in total. The summed E-state index contributed by atoms with van der Waals surface area (Å²) >= 11 is 0. The molecular weight excluding hydrogens is 232 g/mol. The normalized spacial score (nSPS) is 15.5. The van der Waals surface area contributed by atoms with Crippen LogP contribution in [0.25, 0.3) is 0 Å². The second kappa shape index (κ2) is 4.87. The molecule has 1 aliphatic heterocycles. The maximum absolute atomic E-state index is 9.94. The number of rotatable bonds is 3.